The molecule has 2 N–H and O–H groups in total. The molecule has 0 radical (unpaired) electrons. The molecule has 0 aliphatic heterocycles. The largest absolute Gasteiger partial charge is 0.327 e. The Labute approximate surface area is 97.6 Å². The molecular weight excluding hydrogens is 222 g/mol. The highest BCUT2D eigenvalue weighted by molar-refractivity contribution is 7.91. The van der Waals surface area contributed by atoms with E-state index in [1.165, 1.54) is 0 Å². The molecule has 1 rings (SSSR count). The molecular formula is C12H19NO2S. The quantitative estimate of drug-likeness (QED) is 0.873. The maximum Gasteiger partial charge on any atom is 0.180 e. The van der Waals surface area contributed by atoms with Gasteiger partial charge in [0.1, 0.15) is 0 Å². The van der Waals surface area contributed by atoms with E-state index in [1.54, 1.807) is 25.1 Å². The van der Waals surface area contributed by atoms with Crippen molar-refractivity contribution in [2.24, 2.45) is 11.7 Å². The first-order valence-electron chi connectivity index (χ1n) is 5.38. The lowest BCUT2D eigenvalue weighted by Crippen LogP contribution is -2.34. The maximum atomic E-state index is 12.1. The molecule has 16 heavy (non-hydrogen) atoms. The van der Waals surface area contributed by atoms with E-state index in [0.29, 0.717) is 4.90 Å². The van der Waals surface area contributed by atoms with Gasteiger partial charge in [0.25, 0.3) is 0 Å². The molecule has 0 saturated carbocycles. The van der Waals surface area contributed by atoms with Gasteiger partial charge in [-0.05, 0) is 24.5 Å². The van der Waals surface area contributed by atoms with Crippen molar-refractivity contribution in [1.82, 2.24) is 0 Å². The first kappa shape index (κ1) is 13.2. The van der Waals surface area contributed by atoms with Crippen molar-refractivity contribution in [3.8, 4) is 0 Å². The molecule has 1 unspecified atom stereocenters. The van der Waals surface area contributed by atoms with Crippen LogP contribution in [-0.2, 0) is 9.84 Å². The minimum atomic E-state index is -3.26. The van der Waals surface area contributed by atoms with Crippen LogP contribution in [0.15, 0.2) is 29.2 Å². The van der Waals surface area contributed by atoms with Crippen LogP contribution >= 0.6 is 0 Å². The Morgan fingerprint density at radius 3 is 2.31 bits per heavy atom. The third kappa shape index (κ3) is 3.06. The third-order valence-electron chi connectivity index (χ3n) is 2.70. The average Bonchev–Trinajstić information content (AvgIpc) is 2.17. The number of nitrogens with two attached hydrogens (primary N) is 1. The van der Waals surface area contributed by atoms with E-state index < -0.39 is 9.84 Å². The summed E-state index contributed by atoms with van der Waals surface area (Å²) in [5.41, 5.74) is 6.59. The summed E-state index contributed by atoms with van der Waals surface area (Å²) >= 11 is 0. The topological polar surface area (TPSA) is 60.2 Å². The molecule has 1 atom stereocenters. The van der Waals surface area contributed by atoms with Crippen molar-refractivity contribution in [1.29, 1.82) is 0 Å². The second kappa shape index (κ2) is 4.97. The molecule has 0 fully saturated rings. The standard InChI is InChI=1S/C12H19NO2S/c1-9(2)11(13)8-16(14,15)12-7-5-4-6-10(12)3/h4-7,9,11H,8,13H2,1-3H3. The van der Waals surface area contributed by atoms with Gasteiger partial charge in [-0.2, -0.15) is 0 Å². The molecule has 0 aromatic heterocycles. The molecule has 1 aromatic carbocycles. The maximum absolute atomic E-state index is 12.1. The Balaban J connectivity index is 3.00. The number of rotatable bonds is 4. The summed E-state index contributed by atoms with van der Waals surface area (Å²) in [7, 11) is -3.26. The van der Waals surface area contributed by atoms with Crippen molar-refractivity contribution in [3.05, 3.63) is 29.8 Å². The summed E-state index contributed by atoms with van der Waals surface area (Å²) in [5, 5.41) is 0. The summed E-state index contributed by atoms with van der Waals surface area (Å²) < 4.78 is 24.2. The Hall–Kier alpha value is -0.870. The predicted molar refractivity (Wildman–Crippen MR) is 66.0 cm³/mol. The van der Waals surface area contributed by atoms with Crippen LogP contribution in [-0.4, -0.2) is 20.2 Å². The van der Waals surface area contributed by atoms with Gasteiger partial charge in [-0.25, -0.2) is 8.42 Å². The third-order valence-corrected chi connectivity index (χ3v) is 4.65. The highest BCUT2D eigenvalue weighted by atomic mass is 32.2. The van der Waals surface area contributed by atoms with Crippen LogP contribution in [0.25, 0.3) is 0 Å². The molecule has 1 aromatic rings. The van der Waals surface area contributed by atoms with Crippen LogP contribution < -0.4 is 5.73 Å². The van der Waals surface area contributed by atoms with E-state index in [4.69, 9.17) is 5.73 Å². The summed E-state index contributed by atoms with van der Waals surface area (Å²) in [5.74, 6) is 0.175. The average molecular weight is 241 g/mol. The zero-order valence-electron chi connectivity index (χ0n) is 9.97. The van der Waals surface area contributed by atoms with Gasteiger partial charge in [0.05, 0.1) is 10.6 Å². The van der Waals surface area contributed by atoms with E-state index in [9.17, 15) is 8.42 Å². The molecule has 3 nitrogen and oxygen atoms in total. The van der Waals surface area contributed by atoms with Gasteiger partial charge in [0.15, 0.2) is 9.84 Å². The summed E-state index contributed by atoms with van der Waals surface area (Å²) in [6.45, 7) is 5.66. The number of sulfone groups is 1. The first-order valence-corrected chi connectivity index (χ1v) is 7.04. The van der Waals surface area contributed by atoms with E-state index in [2.05, 4.69) is 0 Å². The number of hydrogen-bond acceptors (Lipinski definition) is 3. The molecule has 0 bridgehead atoms. The molecule has 0 heterocycles. The van der Waals surface area contributed by atoms with Crippen molar-refractivity contribution in [3.63, 3.8) is 0 Å². The number of benzene rings is 1. The first-order chi connectivity index (χ1) is 7.34. The van der Waals surface area contributed by atoms with Crippen molar-refractivity contribution in [2.75, 3.05) is 5.75 Å². The monoisotopic (exact) mass is 241 g/mol. The van der Waals surface area contributed by atoms with E-state index >= 15 is 0 Å². The van der Waals surface area contributed by atoms with E-state index in [-0.39, 0.29) is 17.7 Å². The molecule has 0 amide bonds. The molecule has 90 valence electrons. The minimum absolute atomic E-state index is 0.00944. The number of hydrogen-bond donors (Lipinski definition) is 1. The smallest absolute Gasteiger partial charge is 0.180 e. The zero-order chi connectivity index (χ0) is 12.3. The van der Waals surface area contributed by atoms with Crippen LogP contribution in [0, 0.1) is 12.8 Å². The predicted octanol–water partition coefficient (Wildman–Crippen LogP) is 1.75. The lowest BCUT2D eigenvalue weighted by atomic mass is 10.1. The van der Waals surface area contributed by atoms with Crippen LogP contribution in [0.5, 0.6) is 0 Å². The van der Waals surface area contributed by atoms with Gasteiger partial charge in [-0.1, -0.05) is 32.0 Å². The lowest BCUT2D eigenvalue weighted by molar-refractivity contribution is 0.516. The Kier molecular flexibility index (Phi) is 4.10. The van der Waals surface area contributed by atoms with Gasteiger partial charge in [-0.15, -0.1) is 0 Å². The van der Waals surface area contributed by atoms with Crippen LogP contribution in [0.1, 0.15) is 19.4 Å². The van der Waals surface area contributed by atoms with E-state index in [0.717, 1.165) is 5.56 Å². The van der Waals surface area contributed by atoms with Gasteiger partial charge in [-0.3, -0.25) is 0 Å². The molecule has 0 saturated heterocycles. The van der Waals surface area contributed by atoms with Crippen molar-refractivity contribution < 1.29 is 8.42 Å². The van der Waals surface area contributed by atoms with Gasteiger partial charge in [0.2, 0.25) is 0 Å². The highest BCUT2D eigenvalue weighted by Crippen LogP contribution is 2.17. The van der Waals surface area contributed by atoms with Crippen molar-refractivity contribution in [2.45, 2.75) is 31.7 Å². The van der Waals surface area contributed by atoms with Crippen molar-refractivity contribution >= 4 is 9.84 Å². The fourth-order valence-electron chi connectivity index (χ4n) is 1.44. The zero-order valence-corrected chi connectivity index (χ0v) is 10.8. The molecule has 4 heteroatoms. The summed E-state index contributed by atoms with van der Waals surface area (Å²) in [4.78, 5) is 0.395. The fraction of sp³-hybridized carbons (Fsp3) is 0.500. The highest BCUT2D eigenvalue weighted by Gasteiger charge is 2.21. The summed E-state index contributed by atoms with van der Waals surface area (Å²) in [6, 6.07) is 6.69. The fourth-order valence-corrected chi connectivity index (χ4v) is 3.36. The van der Waals surface area contributed by atoms with Crippen LogP contribution in [0.2, 0.25) is 0 Å². The van der Waals surface area contributed by atoms with Gasteiger partial charge >= 0.3 is 0 Å². The molecule has 0 aliphatic rings. The Morgan fingerprint density at radius 1 is 1.25 bits per heavy atom. The van der Waals surface area contributed by atoms with Gasteiger partial charge < -0.3 is 5.73 Å². The van der Waals surface area contributed by atoms with Gasteiger partial charge in [0, 0.05) is 6.04 Å². The number of aryl methyl sites for hydroxylation is 1. The molecule has 0 aliphatic carbocycles. The van der Waals surface area contributed by atoms with Crippen LogP contribution in [0.3, 0.4) is 0 Å². The second-order valence-corrected chi connectivity index (χ2v) is 6.46. The molecule has 0 spiro atoms. The Bertz CT molecular complexity index is 452. The second-order valence-electron chi connectivity index (χ2n) is 4.45. The minimum Gasteiger partial charge on any atom is -0.327 e. The summed E-state index contributed by atoms with van der Waals surface area (Å²) in [6.07, 6.45) is 0. The normalized spacial score (nSPS) is 14.1. The van der Waals surface area contributed by atoms with Crippen LogP contribution in [0.4, 0.5) is 0 Å². The SMILES string of the molecule is Cc1ccccc1S(=O)(=O)CC(N)C(C)C. The van der Waals surface area contributed by atoms with E-state index in [1.807, 2.05) is 19.9 Å². The lowest BCUT2D eigenvalue weighted by Gasteiger charge is -2.16. The Morgan fingerprint density at radius 2 is 1.81 bits per heavy atom.